The van der Waals surface area contributed by atoms with Gasteiger partial charge in [0.1, 0.15) is 0 Å². The predicted molar refractivity (Wildman–Crippen MR) is 79.5 cm³/mol. The van der Waals surface area contributed by atoms with E-state index >= 15 is 0 Å². The molecule has 20 heavy (non-hydrogen) atoms. The molecule has 1 aliphatic heterocycles. The number of hydrogen-bond acceptors (Lipinski definition) is 4. The van der Waals surface area contributed by atoms with Crippen LogP contribution in [-0.2, 0) is 9.53 Å². The van der Waals surface area contributed by atoms with Crippen LogP contribution in [0.25, 0.3) is 0 Å². The lowest BCUT2D eigenvalue weighted by Gasteiger charge is -2.32. The highest BCUT2D eigenvalue weighted by molar-refractivity contribution is 5.80. The SMILES string of the molecule is CCCNC1COCC1C(=O)NC(CCO)C(C)(C)C. The maximum absolute atomic E-state index is 12.4. The molecule has 0 radical (unpaired) electrons. The van der Waals surface area contributed by atoms with Crippen molar-refractivity contribution in [2.45, 2.75) is 52.6 Å². The molecule has 1 heterocycles. The van der Waals surface area contributed by atoms with E-state index in [1.54, 1.807) is 0 Å². The normalized spacial score (nSPS) is 24.6. The van der Waals surface area contributed by atoms with Crippen molar-refractivity contribution in [1.29, 1.82) is 0 Å². The first-order chi connectivity index (χ1) is 9.40. The van der Waals surface area contributed by atoms with Gasteiger partial charge in [-0.05, 0) is 24.8 Å². The van der Waals surface area contributed by atoms with Gasteiger partial charge in [0, 0.05) is 18.7 Å². The number of carbonyl (C=O) groups excluding carboxylic acids is 1. The molecule has 0 aromatic heterocycles. The third-order valence-electron chi connectivity index (χ3n) is 3.85. The molecule has 1 rings (SSSR count). The number of aliphatic hydroxyl groups is 1. The molecule has 1 fully saturated rings. The van der Waals surface area contributed by atoms with Gasteiger partial charge in [0.25, 0.3) is 0 Å². The lowest BCUT2D eigenvalue weighted by atomic mass is 9.84. The highest BCUT2D eigenvalue weighted by Gasteiger charge is 2.36. The monoisotopic (exact) mass is 286 g/mol. The summed E-state index contributed by atoms with van der Waals surface area (Å²) in [6.45, 7) is 10.4. The van der Waals surface area contributed by atoms with Crippen LogP contribution in [0.1, 0.15) is 40.5 Å². The van der Waals surface area contributed by atoms with E-state index in [9.17, 15) is 4.79 Å². The summed E-state index contributed by atoms with van der Waals surface area (Å²) in [7, 11) is 0. The van der Waals surface area contributed by atoms with Gasteiger partial charge in [-0.2, -0.15) is 0 Å². The number of aliphatic hydroxyl groups excluding tert-OH is 1. The average Bonchev–Trinajstić information content (AvgIpc) is 2.82. The predicted octanol–water partition coefficient (Wildman–Crippen LogP) is 0.914. The first-order valence-electron chi connectivity index (χ1n) is 7.62. The van der Waals surface area contributed by atoms with Crippen LogP contribution < -0.4 is 10.6 Å². The molecule has 0 aliphatic carbocycles. The smallest absolute Gasteiger partial charge is 0.227 e. The maximum atomic E-state index is 12.4. The Kier molecular flexibility index (Phi) is 6.92. The van der Waals surface area contributed by atoms with Crippen molar-refractivity contribution in [3.8, 4) is 0 Å². The molecule has 3 atom stereocenters. The summed E-state index contributed by atoms with van der Waals surface area (Å²) < 4.78 is 5.44. The second-order valence-corrected chi connectivity index (χ2v) is 6.64. The van der Waals surface area contributed by atoms with Gasteiger partial charge in [0.15, 0.2) is 0 Å². The van der Waals surface area contributed by atoms with Gasteiger partial charge in [-0.25, -0.2) is 0 Å². The molecule has 5 heteroatoms. The quantitative estimate of drug-likeness (QED) is 0.651. The van der Waals surface area contributed by atoms with Crippen molar-refractivity contribution in [3.05, 3.63) is 0 Å². The topological polar surface area (TPSA) is 70.6 Å². The lowest BCUT2D eigenvalue weighted by molar-refractivity contribution is -0.127. The standard InChI is InChI=1S/C15H30N2O3/c1-5-7-16-12-10-20-9-11(12)14(19)17-13(6-8-18)15(2,3)4/h11-13,16,18H,5-10H2,1-4H3,(H,17,19). The van der Waals surface area contributed by atoms with Crippen molar-refractivity contribution >= 4 is 5.91 Å². The molecule has 0 spiro atoms. The molecular weight excluding hydrogens is 256 g/mol. The van der Waals surface area contributed by atoms with Crippen LogP contribution in [0.4, 0.5) is 0 Å². The first-order valence-corrected chi connectivity index (χ1v) is 7.62. The summed E-state index contributed by atoms with van der Waals surface area (Å²) in [5.41, 5.74) is -0.0653. The van der Waals surface area contributed by atoms with E-state index in [0.29, 0.717) is 19.6 Å². The maximum Gasteiger partial charge on any atom is 0.227 e. The summed E-state index contributed by atoms with van der Waals surface area (Å²) in [5, 5.41) is 15.6. The zero-order valence-corrected chi connectivity index (χ0v) is 13.2. The highest BCUT2D eigenvalue weighted by atomic mass is 16.5. The van der Waals surface area contributed by atoms with Crippen LogP contribution in [0.2, 0.25) is 0 Å². The molecule has 3 N–H and O–H groups in total. The van der Waals surface area contributed by atoms with Crippen molar-refractivity contribution in [3.63, 3.8) is 0 Å². The van der Waals surface area contributed by atoms with Gasteiger partial charge < -0.3 is 20.5 Å². The Bertz CT molecular complexity index is 302. The zero-order chi connectivity index (χ0) is 15.2. The molecule has 118 valence electrons. The molecule has 1 aliphatic rings. The fourth-order valence-electron chi connectivity index (χ4n) is 2.47. The summed E-state index contributed by atoms with van der Waals surface area (Å²) in [6, 6.07) is 0.0807. The molecule has 3 unspecified atom stereocenters. The summed E-state index contributed by atoms with van der Waals surface area (Å²) in [4.78, 5) is 12.4. The van der Waals surface area contributed by atoms with Crippen LogP contribution >= 0.6 is 0 Å². The Morgan fingerprint density at radius 1 is 1.40 bits per heavy atom. The van der Waals surface area contributed by atoms with E-state index in [1.165, 1.54) is 0 Å². The Labute approximate surface area is 122 Å². The number of ether oxygens (including phenoxy) is 1. The van der Waals surface area contributed by atoms with Crippen molar-refractivity contribution < 1.29 is 14.6 Å². The molecule has 0 bridgehead atoms. The Hall–Kier alpha value is -0.650. The van der Waals surface area contributed by atoms with Crippen LogP contribution in [0.3, 0.4) is 0 Å². The van der Waals surface area contributed by atoms with Crippen LogP contribution in [0, 0.1) is 11.3 Å². The fourth-order valence-corrected chi connectivity index (χ4v) is 2.47. The average molecular weight is 286 g/mol. The van der Waals surface area contributed by atoms with Crippen molar-refractivity contribution in [2.24, 2.45) is 11.3 Å². The van der Waals surface area contributed by atoms with Crippen molar-refractivity contribution in [2.75, 3.05) is 26.4 Å². The second kappa shape index (κ2) is 7.96. The van der Waals surface area contributed by atoms with Gasteiger partial charge >= 0.3 is 0 Å². The fraction of sp³-hybridized carbons (Fsp3) is 0.933. The van der Waals surface area contributed by atoms with Crippen LogP contribution in [-0.4, -0.2) is 49.5 Å². The van der Waals surface area contributed by atoms with E-state index in [2.05, 4.69) is 38.3 Å². The van der Waals surface area contributed by atoms with Gasteiger partial charge in [-0.3, -0.25) is 4.79 Å². The molecule has 0 aromatic rings. The third kappa shape index (κ3) is 5.04. The molecule has 1 amide bonds. The molecular formula is C15H30N2O3. The van der Waals surface area contributed by atoms with Gasteiger partial charge in [0.05, 0.1) is 19.1 Å². The summed E-state index contributed by atoms with van der Waals surface area (Å²) in [6.07, 6.45) is 1.62. The van der Waals surface area contributed by atoms with Crippen LogP contribution in [0.5, 0.6) is 0 Å². The number of rotatable bonds is 7. The van der Waals surface area contributed by atoms with Gasteiger partial charge in [0.2, 0.25) is 5.91 Å². The molecule has 5 nitrogen and oxygen atoms in total. The van der Waals surface area contributed by atoms with Crippen molar-refractivity contribution in [1.82, 2.24) is 10.6 Å². The lowest BCUT2D eigenvalue weighted by Crippen LogP contribution is -2.50. The molecule has 1 saturated heterocycles. The van der Waals surface area contributed by atoms with Crippen LogP contribution in [0.15, 0.2) is 0 Å². The summed E-state index contributed by atoms with van der Waals surface area (Å²) >= 11 is 0. The third-order valence-corrected chi connectivity index (χ3v) is 3.85. The minimum absolute atomic E-state index is 0.0209. The largest absolute Gasteiger partial charge is 0.396 e. The zero-order valence-electron chi connectivity index (χ0n) is 13.2. The second-order valence-electron chi connectivity index (χ2n) is 6.64. The van der Waals surface area contributed by atoms with E-state index in [-0.39, 0.29) is 35.9 Å². The number of carbonyl (C=O) groups is 1. The van der Waals surface area contributed by atoms with Gasteiger partial charge in [-0.1, -0.05) is 27.7 Å². The Balaban J connectivity index is 2.59. The number of hydrogen-bond donors (Lipinski definition) is 3. The summed E-state index contributed by atoms with van der Waals surface area (Å²) in [5.74, 6) is -0.102. The van der Waals surface area contributed by atoms with E-state index < -0.39 is 0 Å². The minimum atomic E-state index is -0.134. The first kappa shape index (κ1) is 17.4. The molecule has 0 aromatic carbocycles. The Morgan fingerprint density at radius 3 is 2.65 bits per heavy atom. The number of amides is 1. The van der Waals surface area contributed by atoms with E-state index in [1.807, 2.05) is 0 Å². The highest BCUT2D eigenvalue weighted by Crippen LogP contribution is 2.23. The minimum Gasteiger partial charge on any atom is -0.396 e. The van der Waals surface area contributed by atoms with E-state index in [0.717, 1.165) is 13.0 Å². The van der Waals surface area contributed by atoms with E-state index in [4.69, 9.17) is 9.84 Å². The Morgan fingerprint density at radius 2 is 2.10 bits per heavy atom. The number of nitrogens with one attached hydrogen (secondary N) is 2. The van der Waals surface area contributed by atoms with Gasteiger partial charge in [-0.15, -0.1) is 0 Å². The molecule has 0 saturated carbocycles.